The number of H-pyrrole nitrogens is 1. The number of benzene rings is 2. The highest BCUT2D eigenvalue weighted by molar-refractivity contribution is 5.96. The van der Waals surface area contributed by atoms with Crippen LogP contribution >= 0.6 is 0 Å². The van der Waals surface area contributed by atoms with E-state index in [0.717, 1.165) is 24.2 Å². The highest BCUT2D eigenvalue weighted by Gasteiger charge is 2.29. The van der Waals surface area contributed by atoms with Gasteiger partial charge < -0.3 is 4.74 Å². The molecular weight excluding hydrogens is 302 g/mol. The second-order valence-corrected chi connectivity index (χ2v) is 5.80. The molecule has 0 atom stereocenters. The molecule has 5 heteroatoms. The minimum atomic E-state index is -0.474. The minimum absolute atomic E-state index is 0.474. The van der Waals surface area contributed by atoms with Crippen LogP contribution in [-0.4, -0.2) is 16.3 Å². The Kier molecular flexibility index (Phi) is 3.75. The van der Waals surface area contributed by atoms with Crippen molar-refractivity contribution in [1.82, 2.24) is 10.2 Å². The zero-order valence-electron chi connectivity index (χ0n) is 13.1. The summed E-state index contributed by atoms with van der Waals surface area (Å²) >= 11 is 0. The number of para-hydroxylation sites is 2. The number of aromatic nitrogens is 2. The number of nitrogens with zero attached hydrogens (tertiary/aromatic N) is 2. The first-order valence-corrected chi connectivity index (χ1v) is 7.98. The lowest BCUT2D eigenvalue weighted by Gasteiger charge is -2.20. The molecule has 1 aliphatic carbocycles. The van der Waals surface area contributed by atoms with Crippen molar-refractivity contribution in [2.45, 2.75) is 18.8 Å². The molecule has 0 radical (unpaired) electrons. The Balaban J connectivity index is 1.65. The number of anilines is 2. The summed E-state index contributed by atoms with van der Waals surface area (Å²) in [7, 11) is 0. The summed E-state index contributed by atoms with van der Waals surface area (Å²) in [6.07, 6.45) is 1.84. The molecule has 24 heavy (non-hydrogen) atoms. The minimum Gasteiger partial charge on any atom is -0.410 e. The van der Waals surface area contributed by atoms with E-state index in [-0.39, 0.29) is 0 Å². The fraction of sp³-hybridized carbons (Fsp3) is 0.158. The number of amides is 1. The van der Waals surface area contributed by atoms with Gasteiger partial charge in [0.25, 0.3) is 0 Å². The van der Waals surface area contributed by atoms with Crippen LogP contribution in [0.4, 0.5) is 16.3 Å². The molecule has 0 spiro atoms. The standard InChI is InChI=1S/C19H17N3O2/c23-19(24-16-9-5-2-6-10-16)22(15-7-3-1-4-8-15)18-13-17(20-21-18)14-11-12-14/h1-10,13-14H,11-12H2,(H,20,21). The zero-order valence-corrected chi connectivity index (χ0v) is 13.1. The Morgan fingerprint density at radius 3 is 2.38 bits per heavy atom. The van der Waals surface area contributed by atoms with Gasteiger partial charge in [-0.05, 0) is 37.1 Å². The average Bonchev–Trinajstić information content (AvgIpc) is 3.36. The summed E-state index contributed by atoms with van der Waals surface area (Å²) in [5, 5.41) is 7.31. The van der Waals surface area contributed by atoms with Crippen LogP contribution in [0.1, 0.15) is 24.5 Å². The monoisotopic (exact) mass is 319 g/mol. The summed E-state index contributed by atoms with van der Waals surface area (Å²) in [6, 6.07) is 20.4. The number of hydrogen-bond acceptors (Lipinski definition) is 3. The second kappa shape index (κ2) is 6.20. The number of carbonyl (C=O) groups excluding carboxylic acids is 1. The largest absolute Gasteiger partial charge is 0.425 e. The topological polar surface area (TPSA) is 58.2 Å². The van der Waals surface area contributed by atoms with E-state index in [4.69, 9.17) is 4.74 Å². The van der Waals surface area contributed by atoms with Gasteiger partial charge in [0.1, 0.15) is 11.6 Å². The SMILES string of the molecule is O=C(Oc1ccccc1)N(c1ccccc1)c1cc(C2CC2)n[nH]1. The van der Waals surface area contributed by atoms with Crippen molar-refractivity contribution in [3.05, 3.63) is 72.4 Å². The maximum absolute atomic E-state index is 12.8. The molecule has 1 N–H and O–H groups in total. The van der Waals surface area contributed by atoms with Gasteiger partial charge in [-0.25, -0.2) is 9.69 Å². The van der Waals surface area contributed by atoms with E-state index in [1.54, 1.807) is 12.1 Å². The normalized spacial score (nSPS) is 13.5. The fourth-order valence-corrected chi connectivity index (χ4v) is 2.58. The van der Waals surface area contributed by atoms with Crippen LogP contribution in [0.5, 0.6) is 5.75 Å². The molecule has 1 heterocycles. The van der Waals surface area contributed by atoms with E-state index >= 15 is 0 Å². The smallest absolute Gasteiger partial charge is 0.410 e. The molecule has 1 saturated carbocycles. The number of rotatable bonds is 4. The molecule has 0 saturated heterocycles. The summed E-state index contributed by atoms with van der Waals surface area (Å²) in [5.41, 5.74) is 1.72. The Hall–Kier alpha value is -3.08. The van der Waals surface area contributed by atoms with E-state index in [9.17, 15) is 4.79 Å². The van der Waals surface area contributed by atoms with Crippen molar-refractivity contribution in [2.75, 3.05) is 4.90 Å². The molecule has 0 unspecified atom stereocenters. The predicted molar refractivity (Wildman–Crippen MR) is 91.6 cm³/mol. The van der Waals surface area contributed by atoms with Crippen molar-refractivity contribution in [1.29, 1.82) is 0 Å². The van der Waals surface area contributed by atoms with E-state index in [2.05, 4.69) is 10.2 Å². The van der Waals surface area contributed by atoms with Crippen LogP contribution < -0.4 is 9.64 Å². The summed E-state index contributed by atoms with van der Waals surface area (Å²) < 4.78 is 5.51. The number of hydrogen-bond donors (Lipinski definition) is 1. The lowest BCUT2D eigenvalue weighted by molar-refractivity contribution is 0.210. The van der Waals surface area contributed by atoms with Crippen LogP contribution in [0.15, 0.2) is 66.7 Å². The van der Waals surface area contributed by atoms with Gasteiger partial charge in [-0.3, -0.25) is 5.10 Å². The van der Waals surface area contributed by atoms with Gasteiger partial charge in [0.15, 0.2) is 0 Å². The molecule has 120 valence electrons. The molecule has 1 fully saturated rings. The Morgan fingerprint density at radius 1 is 1.04 bits per heavy atom. The first-order chi connectivity index (χ1) is 11.8. The molecule has 1 aromatic heterocycles. The first-order valence-electron chi connectivity index (χ1n) is 7.98. The number of aromatic amines is 1. The molecule has 3 aromatic rings. The van der Waals surface area contributed by atoms with Crippen LogP contribution in [-0.2, 0) is 0 Å². The molecule has 1 aliphatic rings. The quantitative estimate of drug-likeness (QED) is 0.763. The van der Waals surface area contributed by atoms with E-state index < -0.39 is 6.09 Å². The van der Waals surface area contributed by atoms with Crippen molar-refractivity contribution < 1.29 is 9.53 Å². The maximum Gasteiger partial charge on any atom is 0.425 e. The van der Waals surface area contributed by atoms with Crippen LogP contribution in [0.3, 0.4) is 0 Å². The maximum atomic E-state index is 12.8. The number of ether oxygens (including phenoxy) is 1. The molecule has 5 nitrogen and oxygen atoms in total. The van der Waals surface area contributed by atoms with Gasteiger partial charge >= 0.3 is 6.09 Å². The van der Waals surface area contributed by atoms with Gasteiger partial charge in [0.05, 0.1) is 11.4 Å². The number of nitrogens with one attached hydrogen (secondary N) is 1. The second-order valence-electron chi connectivity index (χ2n) is 5.80. The van der Waals surface area contributed by atoms with Gasteiger partial charge in [0, 0.05) is 12.0 Å². The molecule has 2 aromatic carbocycles. The van der Waals surface area contributed by atoms with Gasteiger partial charge in [0.2, 0.25) is 0 Å². The summed E-state index contributed by atoms with van der Waals surface area (Å²) in [4.78, 5) is 14.3. The molecule has 1 amide bonds. The average molecular weight is 319 g/mol. The van der Waals surface area contributed by atoms with Crippen molar-refractivity contribution in [3.63, 3.8) is 0 Å². The fourth-order valence-electron chi connectivity index (χ4n) is 2.58. The molecule has 0 aliphatic heterocycles. The van der Waals surface area contributed by atoms with E-state index in [0.29, 0.717) is 17.5 Å². The van der Waals surface area contributed by atoms with Crippen LogP contribution in [0.2, 0.25) is 0 Å². The highest BCUT2D eigenvalue weighted by Crippen LogP contribution is 2.40. The Labute approximate surface area is 139 Å². The third-order valence-electron chi connectivity index (χ3n) is 3.97. The zero-order chi connectivity index (χ0) is 16.4. The summed E-state index contributed by atoms with van der Waals surface area (Å²) in [5.74, 6) is 1.63. The van der Waals surface area contributed by atoms with Gasteiger partial charge in [-0.15, -0.1) is 0 Å². The molecule has 0 bridgehead atoms. The van der Waals surface area contributed by atoms with Crippen LogP contribution in [0.25, 0.3) is 0 Å². The van der Waals surface area contributed by atoms with E-state index in [1.807, 2.05) is 54.6 Å². The third kappa shape index (κ3) is 3.01. The molecule has 4 rings (SSSR count). The lowest BCUT2D eigenvalue weighted by Crippen LogP contribution is -2.29. The Bertz CT molecular complexity index is 826. The highest BCUT2D eigenvalue weighted by atomic mass is 16.6. The van der Waals surface area contributed by atoms with Crippen LogP contribution in [0, 0.1) is 0 Å². The van der Waals surface area contributed by atoms with Crippen molar-refractivity contribution in [3.8, 4) is 5.75 Å². The predicted octanol–water partition coefficient (Wildman–Crippen LogP) is 4.62. The van der Waals surface area contributed by atoms with Crippen molar-refractivity contribution >= 4 is 17.6 Å². The first kappa shape index (κ1) is 14.5. The third-order valence-corrected chi connectivity index (χ3v) is 3.97. The van der Waals surface area contributed by atoms with E-state index in [1.165, 1.54) is 4.90 Å². The molecular formula is C19H17N3O2. The van der Waals surface area contributed by atoms with Crippen molar-refractivity contribution in [2.24, 2.45) is 0 Å². The van der Waals surface area contributed by atoms with Gasteiger partial charge in [-0.2, -0.15) is 5.10 Å². The number of carbonyl (C=O) groups is 1. The summed E-state index contributed by atoms with van der Waals surface area (Å²) in [6.45, 7) is 0. The van der Waals surface area contributed by atoms with Gasteiger partial charge in [-0.1, -0.05) is 36.4 Å². The lowest BCUT2D eigenvalue weighted by atomic mass is 10.2. The Morgan fingerprint density at radius 2 is 1.71 bits per heavy atom.